The summed E-state index contributed by atoms with van der Waals surface area (Å²) in [5, 5.41) is 0. The molecule has 0 radical (unpaired) electrons. The van der Waals surface area contributed by atoms with Crippen molar-refractivity contribution in [2.24, 2.45) is 23.5 Å². The molecule has 3 nitrogen and oxygen atoms in total. The highest BCUT2D eigenvalue weighted by atomic mass is 15.2. The third-order valence-corrected chi connectivity index (χ3v) is 4.65. The smallest absolute Gasteiger partial charge is 0.0110 e. The molecular weight excluding hydrogens is 186 g/mol. The molecular formula is C12H23N3. The molecule has 2 aliphatic heterocycles. The van der Waals surface area contributed by atoms with E-state index < -0.39 is 0 Å². The predicted octanol–water partition coefficient (Wildman–Crippen LogP) is 0.219. The van der Waals surface area contributed by atoms with E-state index in [2.05, 4.69) is 9.80 Å². The van der Waals surface area contributed by atoms with Crippen LogP contribution in [0.15, 0.2) is 0 Å². The average molecular weight is 209 g/mol. The van der Waals surface area contributed by atoms with Gasteiger partial charge in [-0.15, -0.1) is 0 Å². The van der Waals surface area contributed by atoms with Crippen molar-refractivity contribution in [2.75, 3.05) is 45.8 Å². The zero-order chi connectivity index (χ0) is 10.3. The van der Waals surface area contributed by atoms with Crippen molar-refractivity contribution >= 4 is 0 Å². The molecule has 0 aromatic rings. The van der Waals surface area contributed by atoms with Gasteiger partial charge in [-0.1, -0.05) is 0 Å². The van der Waals surface area contributed by atoms with E-state index in [0.717, 1.165) is 24.3 Å². The Morgan fingerprint density at radius 3 is 2.13 bits per heavy atom. The van der Waals surface area contributed by atoms with Gasteiger partial charge in [0.15, 0.2) is 0 Å². The normalized spacial score (nSPS) is 41.0. The minimum Gasteiger partial charge on any atom is -0.330 e. The molecule has 3 heteroatoms. The fraction of sp³-hybridized carbons (Fsp3) is 1.00. The maximum atomic E-state index is 5.72. The molecule has 1 saturated carbocycles. The SMILES string of the molecule is NCC1C2CN(CCN3CCCC3)CC12. The molecule has 0 aromatic heterocycles. The van der Waals surface area contributed by atoms with Gasteiger partial charge in [0.05, 0.1) is 0 Å². The Bertz CT molecular complexity index is 213. The van der Waals surface area contributed by atoms with Crippen molar-refractivity contribution in [3.63, 3.8) is 0 Å². The summed E-state index contributed by atoms with van der Waals surface area (Å²) in [5.74, 6) is 2.81. The molecule has 15 heavy (non-hydrogen) atoms. The summed E-state index contributed by atoms with van der Waals surface area (Å²) in [7, 11) is 0. The van der Waals surface area contributed by atoms with Crippen molar-refractivity contribution in [1.29, 1.82) is 0 Å². The molecule has 86 valence electrons. The minimum atomic E-state index is 0.882. The summed E-state index contributed by atoms with van der Waals surface area (Å²) in [5.41, 5.74) is 5.72. The lowest BCUT2D eigenvalue weighted by molar-refractivity contribution is 0.233. The molecule has 2 heterocycles. The number of hydrogen-bond acceptors (Lipinski definition) is 3. The van der Waals surface area contributed by atoms with Crippen molar-refractivity contribution in [3.05, 3.63) is 0 Å². The highest BCUT2D eigenvalue weighted by Gasteiger charge is 2.54. The Hall–Kier alpha value is -0.120. The Kier molecular flexibility index (Phi) is 2.71. The van der Waals surface area contributed by atoms with Gasteiger partial charge in [0, 0.05) is 26.2 Å². The van der Waals surface area contributed by atoms with Gasteiger partial charge in [-0.3, -0.25) is 0 Å². The molecule has 0 amide bonds. The van der Waals surface area contributed by atoms with Crippen molar-refractivity contribution in [3.8, 4) is 0 Å². The summed E-state index contributed by atoms with van der Waals surface area (Å²) in [6.45, 7) is 8.87. The second-order valence-electron chi connectivity index (χ2n) is 5.54. The molecule has 3 fully saturated rings. The first-order valence-corrected chi connectivity index (χ1v) is 6.53. The van der Waals surface area contributed by atoms with Crippen LogP contribution in [0.3, 0.4) is 0 Å². The summed E-state index contributed by atoms with van der Waals surface area (Å²) in [6, 6.07) is 0. The van der Waals surface area contributed by atoms with Crippen LogP contribution in [0.4, 0.5) is 0 Å². The Labute approximate surface area is 92.6 Å². The molecule has 1 aliphatic carbocycles. The molecule has 2 N–H and O–H groups in total. The number of fused-ring (bicyclic) bond motifs is 1. The first-order valence-electron chi connectivity index (χ1n) is 6.53. The van der Waals surface area contributed by atoms with E-state index in [0.29, 0.717) is 0 Å². The van der Waals surface area contributed by atoms with E-state index in [1.165, 1.54) is 52.1 Å². The van der Waals surface area contributed by atoms with Crippen LogP contribution in [0, 0.1) is 17.8 Å². The van der Waals surface area contributed by atoms with Crippen molar-refractivity contribution in [1.82, 2.24) is 9.80 Å². The molecule has 2 atom stereocenters. The number of rotatable bonds is 4. The highest BCUT2D eigenvalue weighted by molar-refractivity contribution is 5.05. The largest absolute Gasteiger partial charge is 0.330 e. The van der Waals surface area contributed by atoms with Crippen LogP contribution in [0.2, 0.25) is 0 Å². The highest BCUT2D eigenvalue weighted by Crippen LogP contribution is 2.50. The van der Waals surface area contributed by atoms with Crippen LogP contribution >= 0.6 is 0 Å². The van der Waals surface area contributed by atoms with Gasteiger partial charge in [0.2, 0.25) is 0 Å². The van der Waals surface area contributed by atoms with Crippen molar-refractivity contribution < 1.29 is 0 Å². The minimum absolute atomic E-state index is 0.882. The van der Waals surface area contributed by atoms with E-state index in [1.54, 1.807) is 0 Å². The monoisotopic (exact) mass is 209 g/mol. The van der Waals surface area contributed by atoms with Crippen LogP contribution in [0.25, 0.3) is 0 Å². The van der Waals surface area contributed by atoms with Crippen LogP contribution in [0.1, 0.15) is 12.8 Å². The quantitative estimate of drug-likeness (QED) is 0.719. The standard InChI is InChI=1S/C12H23N3/c13-7-10-11-8-15(9-12(10)11)6-5-14-3-1-2-4-14/h10-12H,1-9,13H2. The Balaban J connectivity index is 1.37. The van der Waals surface area contributed by atoms with Crippen LogP contribution in [-0.2, 0) is 0 Å². The van der Waals surface area contributed by atoms with Gasteiger partial charge in [0.25, 0.3) is 0 Å². The van der Waals surface area contributed by atoms with Crippen LogP contribution in [0.5, 0.6) is 0 Å². The lowest BCUT2D eigenvalue weighted by Gasteiger charge is -2.22. The molecule has 2 saturated heterocycles. The Morgan fingerprint density at radius 1 is 0.933 bits per heavy atom. The number of nitrogens with two attached hydrogens (primary N) is 1. The third kappa shape index (κ3) is 1.93. The molecule has 3 aliphatic rings. The molecule has 3 rings (SSSR count). The molecule has 0 bridgehead atoms. The van der Waals surface area contributed by atoms with E-state index in [-0.39, 0.29) is 0 Å². The molecule has 0 aromatic carbocycles. The fourth-order valence-corrected chi connectivity index (χ4v) is 3.56. The number of nitrogens with zero attached hydrogens (tertiary/aromatic N) is 2. The maximum Gasteiger partial charge on any atom is 0.0110 e. The third-order valence-electron chi connectivity index (χ3n) is 4.65. The average Bonchev–Trinajstić information content (AvgIpc) is 2.72. The van der Waals surface area contributed by atoms with Crippen LogP contribution < -0.4 is 5.73 Å². The first kappa shape index (κ1) is 10.1. The summed E-state index contributed by atoms with van der Waals surface area (Å²) < 4.78 is 0. The number of hydrogen-bond donors (Lipinski definition) is 1. The fourth-order valence-electron chi connectivity index (χ4n) is 3.56. The van der Waals surface area contributed by atoms with Gasteiger partial charge >= 0.3 is 0 Å². The van der Waals surface area contributed by atoms with Gasteiger partial charge < -0.3 is 15.5 Å². The summed E-state index contributed by atoms with van der Waals surface area (Å²) in [4.78, 5) is 5.27. The van der Waals surface area contributed by atoms with Crippen LogP contribution in [-0.4, -0.2) is 55.6 Å². The first-order chi connectivity index (χ1) is 7.38. The molecule has 0 spiro atoms. The zero-order valence-corrected chi connectivity index (χ0v) is 9.57. The van der Waals surface area contributed by atoms with Crippen molar-refractivity contribution in [2.45, 2.75) is 12.8 Å². The molecule has 2 unspecified atom stereocenters. The lowest BCUT2D eigenvalue weighted by atomic mass is 10.2. The van der Waals surface area contributed by atoms with E-state index in [4.69, 9.17) is 5.73 Å². The van der Waals surface area contributed by atoms with Gasteiger partial charge in [-0.25, -0.2) is 0 Å². The van der Waals surface area contributed by atoms with Gasteiger partial charge in [-0.2, -0.15) is 0 Å². The Morgan fingerprint density at radius 2 is 1.53 bits per heavy atom. The predicted molar refractivity (Wildman–Crippen MR) is 61.6 cm³/mol. The van der Waals surface area contributed by atoms with E-state index in [9.17, 15) is 0 Å². The number of piperidine rings is 1. The number of likely N-dealkylation sites (tertiary alicyclic amines) is 2. The van der Waals surface area contributed by atoms with E-state index in [1.807, 2.05) is 0 Å². The van der Waals surface area contributed by atoms with Gasteiger partial charge in [0.1, 0.15) is 0 Å². The summed E-state index contributed by atoms with van der Waals surface area (Å²) >= 11 is 0. The lowest BCUT2D eigenvalue weighted by Crippen LogP contribution is -2.34. The second kappa shape index (κ2) is 4.04. The van der Waals surface area contributed by atoms with E-state index >= 15 is 0 Å². The maximum absolute atomic E-state index is 5.72. The second-order valence-corrected chi connectivity index (χ2v) is 5.54. The van der Waals surface area contributed by atoms with Gasteiger partial charge in [-0.05, 0) is 50.2 Å². The summed E-state index contributed by atoms with van der Waals surface area (Å²) in [6.07, 6.45) is 2.83. The topological polar surface area (TPSA) is 32.5 Å². The zero-order valence-electron chi connectivity index (χ0n) is 9.57.